The van der Waals surface area contributed by atoms with Crippen molar-refractivity contribution in [2.75, 3.05) is 40.6 Å². The SMILES string of the molecule is COc1cc(/C=c2\sc3nc(-c4ccc(C(=O)N(C)CCOCCF)cc4)cn3c2=O)cc(Cl)c1O. The highest BCUT2D eigenvalue weighted by Gasteiger charge is 2.14. The van der Waals surface area contributed by atoms with E-state index in [-0.39, 0.29) is 41.2 Å². The second kappa shape index (κ2) is 11.1. The minimum atomic E-state index is -0.555. The van der Waals surface area contributed by atoms with Crippen LogP contribution in [0, 0.1) is 0 Å². The number of benzene rings is 2. The van der Waals surface area contributed by atoms with E-state index in [4.69, 9.17) is 21.1 Å². The van der Waals surface area contributed by atoms with E-state index in [1.807, 2.05) is 0 Å². The Bertz CT molecular complexity index is 1500. The zero-order valence-corrected chi connectivity index (χ0v) is 21.1. The fraction of sp³-hybridized carbons (Fsp3) is 0.240. The molecule has 2 heterocycles. The van der Waals surface area contributed by atoms with Gasteiger partial charge in [0.15, 0.2) is 16.5 Å². The van der Waals surface area contributed by atoms with E-state index in [1.165, 1.54) is 27.7 Å². The monoisotopic (exact) mass is 531 g/mol. The molecular weight excluding hydrogens is 509 g/mol. The molecule has 0 aliphatic heterocycles. The molecule has 0 spiro atoms. The number of methoxy groups -OCH3 is 1. The summed E-state index contributed by atoms with van der Waals surface area (Å²) >= 11 is 7.27. The lowest BCUT2D eigenvalue weighted by molar-refractivity contribution is 0.0676. The molecule has 0 saturated carbocycles. The summed E-state index contributed by atoms with van der Waals surface area (Å²) in [6.07, 6.45) is 3.32. The third-order valence-electron chi connectivity index (χ3n) is 5.44. The van der Waals surface area contributed by atoms with Gasteiger partial charge in [-0.1, -0.05) is 35.1 Å². The Kier molecular flexibility index (Phi) is 7.88. The number of rotatable bonds is 9. The third kappa shape index (κ3) is 5.35. The van der Waals surface area contributed by atoms with Gasteiger partial charge in [-0.2, -0.15) is 0 Å². The van der Waals surface area contributed by atoms with Crippen LogP contribution >= 0.6 is 22.9 Å². The number of aromatic hydroxyl groups is 1. The number of nitrogens with zero attached hydrogens (tertiary/aromatic N) is 3. The zero-order valence-electron chi connectivity index (χ0n) is 19.5. The minimum Gasteiger partial charge on any atom is -0.503 e. The highest BCUT2D eigenvalue weighted by atomic mass is 35.5. The van der Waals surface area contributed by atoms with Gasteiger partial charge in [-0.15, -0.1) is 0 Å². The predicted octanol–water partition coefficient (Wildman–Crippen LogP) is 3.40. The van der Waals surface area contributed by atoms with Gasteiger partial charge in [0.25, 0.3) is 11.5 Å². The van der Waals surface area contributed by atoms with Crippen LogP contribution in [0.5, 0.6) is 11.5 Å². The van der Waals surface area contributed by atoms with Crippen molar-refractivity contribution in [3.63, 3.8) is 0 Å². The number of phenolic OH excluding ortho intramolecular Hbond substituents is 1. The maximum absolute atomic E-state index is 12.9. The van der Waals surface area contributed by atoms with Crippen LogP contribution < -0.4 is 14.8 Å². The molecule has 0 saturated heterocycles. The van der Waals surface area contributed by atoms with Gasteiger partial charge in [-0.05, 0) is 35.9 Å². The number of alkyl halides is 1. The Morgan fingerprint density at radius 1 is 1.28 bits per heavy atom. The molecular formula is C25H23ClFN3O5S. The van der Waals surface area contributed by atoms with Crippen LogP contribution in [0.2, 0.25) is 5.02 Å². The molecule has 2 aromatic heterocycles. The average Bonchev–Trinajstić information content (AvgIpc) is 3.42. The first-order valence-corrected chi connectivity index (χ1v) is 12.1. The van der Waals surface area contributed by atoms with E-state index >= 15 is 0 Å². The minimum absolute atomic E-state index is 0.0172. The van der Waals surface area contributed by atoms with Crippen LogP contribution in [-0.4, -0.2) is 65.9 Å². The smallest absolute Gasteiger partial charge is 0.274 e. The van der Waals surface area contributed by atoms with Gasteiger partial charge in [-0.3, -0.25) is 14.0 Å². The molecule has 4 aromatic rings. The second-order valence-corrected chi connectivity index (χ2v) is 9.27. The summed E-state index contributed by atoms with van der Waals surface area (Å²) in [6.45, 7) is 0.0801. The number of hydrogen-bond donors (Lipinski definition) is 1. The summed E-state index contributed by atoms with van der Waals surface area (Å²) in [5.74, 6) is -0.126. The number of imidazole rings is 1. The first-order valence-electron chi connectivity index (χ1n) is 10.9. The molecule has 0 fully saturated rings. The molecule has 8 nitrogen and oxygen atoms in total. The van der Waals surface area contributed by atoms with Crippen LogP contribution in [0.1, 0.15) is 15.9 Å². The molecule has 2 aromatic carbocycles. The summed E-state index contributed by atoms with van der Waals surface area (Å²) in [7, 11) is 3.08. The van der Waals surface area contributed by atoms with Gasteiger partial charge in [0.2, 0.25) is 0 Å². The summed E-state index contributed by atoms with van der Waals surface area (Å²) in [4.78, 5) is 32.1. The summed E-state index contributed by atoms with van der Waals surface area (Å²) in [5.41, 5.74) is 2.23. The normalized spacial score (nSPS) is 11.8. The summed E-state index contributed by atoms with van der Waals surface area (Å²) in [5, 5.41) is 10.0. The lowest BCUT2D eigenvalue weighted by atomic mass is 10.1. The standard InChI is InChI=1S/C25H23ClFN3O5S/c1-29(8-10-35-9-7-27)23(32)17-5-3-16(4-6-17)19-14-30-24(33)21(36-25(30)28-19)13-15-11-18(26)22(31)20(12-15)34-2/h3-6,11-14,31H,7-10H2,1-2H3/b21-13-. The Balaban J connectivity index is 1.54. The van der Waals surface area contributed by atoms with Crippen LogP contribution in [0.4, 0.5) is 4.39 Å². The number of carbonyl (C=O) groups excluding carboxylic acids is 1. The molecule has 11 heteroatoms. The Hall–Kier alpha value is -3.47. The van der Waals surface area contributed by atoms with Crippen LogP contribution in [0.25, 0.3) is 22.3 Å². The second-order valence-electron chi connectivity index (χ2n) is 7.85. The maximum atomic E-state index is 12.9. The van der Waals surface area contributed by atoms with Crippen LogP contribution in [0.15, 0.2) is 47.4 Å². The third-order valence-corrected chi connectivity index (χ3v) is 6.71. The van der Waals surface area contributed by atoms with Crippen molar-refractivity contribution in [2.45, 2.75) is 0 Å². The lowest BCUT2D eigenvalue weighted by Gasteiger charge is -2.17. The number of amides is 1. The number of fused-ring (bicyclic) bond motifs is 1. The highest BCUT2D eigenvalue weighted by Crippen LogP contribution is 2.35. The Morgan fingerprint density at radius 2 is 2.03 bits per heavy atom. The molecule has 0 aliphatic carbocycles. The fourth-order valence-corrected chi connectivity index (χ4v) is 4.69. The van der Waals surface area contributed by atoms with Gasteiger partial charge in [0.05, 0.1) is 35.6 Å². The van der Waals surface area contributed by atoms with Crippen LogP contribution in [0.3, 0.4) is 0 Å². The van der Waals surface area contributed by atoms with Crippen molar-refractivity contribution in [3.05, 3.63) is 73.6 Å². The number of carbonyl (C=O) groups is 1. The van der Waals surface area contributed by atoms with E-state index in [2.05, 4.69) is 4.98 Å². The maximum Gasteiger partial charge on any atom is 0.274 e. The van der Waals surface area contributed by atoms with Gasteiger partial charge in [0, 0.05) is 30.9 Å². The zero-order chi connectivity index (χ0) is 25.8. The number of hydrogen-bond acceptors (Lipinski definition) is 7. The molecule has 0 bridgehead atoms. The number of ether oxygens (including phenoxy) is 2. The van der Waals surface area contributed by atoms with Crippen molar-refractivity contribution >= 4 is 39.9 Å². The number of likely N-dealkylation sites (N-methyl/N-ethyl adjacent to an activating group) is 1. The van der Waals surface area contributed by atoms with E-state index < -0.39 is 6.67 Å². The van der Waals surface area contributed by atoms with Gasteiger partial charge in [0.1, 0.15) is 6.67 Å². The molecule has 0 radical (unpaired) electrons. The number of phenols is 1. The van der Waals surface area contributed by atoms with Gasteiger partial charge < -0.3 is 19.5 Å². The predicted molar refractivity (Wildman–Crippen MR) is 137 cm³/mol. The number of halogens is 2. The lowest BCUT2D eigenvalue weighted by Crippen LogP contribution is -2.30. The van der Waals surface area contributed by atoms with Crippen LogP contribution in [-0.2, 0) is 4.74 Å². The molecule has 1 amide bonds. The molecule has 36 heavy (non-hydrogen) atoms. The molecule has 0 aliphatic rings. The highest BCUT2D eigenvalue weighted by molar-refractivity contribution is 7.15. The van der Waals surface area contributed by atoms with E-state index in [9.17, 15) is 19.1 Å². The van der Waals surface area contributed by atoms with E-state index in [0.29, 0.717) is 32.9 Å². The van der Waals surface area contributed by atoms with Crippen molar-refractivity contribution in [1.82, 2.24) is 14.3 Å². The fourth-order valence-electron chi connectivity index (χ4n) is 3.52. The quantitative estimate of drug-likeness (QED) is 0.333. The van der Waals surface area contributed by atoms with Crippen molar-refractivity contribution < 1.29 is 23.8 Å². The van der Waals surface area contributed by atoms with Gasteiger partial charge in [-0.25, -0.2) is 9.37 Å². The van der Waals surface area contributed by atoms with Crippen molar-refractivity contribution in [1.29, 1.82) is 0 Å². The van der Waals surface area contributed by atoms with Gasteiger partial charge >= 0.3 is 0 Å². The number of aromatic nitrogens is 2. The Morgan fingerprint density at radius 3 is 2.69 bits per heavy atom. The molecule has 0 atom stereocenters. The molecule has 1 N–H and O–H groups in total. The van der Waals surface area contributed by atoms with Crippen molar-refractivity contribution in [2.24, 2.45) is 0 Å². The van der Waals surface area contributed by atoms with E-state index in [0.717, 1.165) is 5.56 Å². The van der Waals surface area contributed by atoms with E-state index in [1.54, 1.807) is 55.7 Å². The average molecular weight is 532 g/mol. The summed E-state index contributed by atoms with van der Waals surface area (Å²) < 4.78 is 24.2. The molecule has 4 rings (SSSR count). The first kappa shape index (κ1) is 25.6. The molecule has 0 unspecified atom stereocenters. The topological polar surface area (TPSA) is 93.4 Å². The summed E-state index contributed by atoms with van der Waals surface area (Å²) in [6, 6.07) is 10.1. The number of thiazole rings is 1. The van der Waals surface area contributed by atoms with Crippen molar-refractivity contribution in [3.8, 4) is 22.8 Å². The molecule has 188 valence electrons. The Labute approximate surface area is 214 Å². The largest absolute Gasteiger partial charge is 0.503 e. The first-order chi connectivity index (χ1) is 17.3.